The smallest absolute Gasteiger partial charge is 0.331 e. The largest absolute Gasteiger partial charge is 0.497 e. The number of ether oxygens (including phenoxy) is 3. The first-order valence-corrected chi connectivity index (χ1v) is 5.42. The maximum Gasteiger partial charge on any atom is 0.331 e. The quantitative estimate of drug-likeness (QED) is 0.605. The van der Waals surface area contributed by atoms with Crippen LogP contribution in [0, 0.1) is 0 Å². The van der Waals surface area contributed by atoms with E-state index in [-0.39, 0.29) is 0 Å². The van der Waals surface area contributed by atoms with Crippen LogP contribution in [0.1, 0.15) is 5.56 Å². The highest BCUT2D eigenvalue weighted by Crippen LogP contribution is 2.24. The summed E-state index contributed by atoms with van der Waals surface area (Å²) in [5.74, 6) is -0.157. The average molecular weight is 265 g/mol. The molecule has 19 heavy (non-hydrogen) atoms. The number of primary amides is 1. The van der Waals surface area contributed by atoms with E-state index in [1.807, 2.05) is 0 Å². The van der Waals surface area contributed by atoms with Gasteiger partial charge in [-0.05, 0) is 24.3 Å². The Morgan fingerprint density at radius 2 is 2.00 bits per heavy atom. The van der Waals surface area contributed by atoms with Crippen LogP contribution in [0.5, 0.6) is 11.5 Å². The molecule has 0 atom stereocenters. The summed E-state index contributed by atoms with van der Waals surface area (Å²) >= 11 is 0. The van der Waals surface area contributed by atoms with Crippen LogP contribution < -0.4 is 15.2 Å². The van der Waals surface area contributed by atoms with Crippen molar-refractivity contribution in [3.63, 3.8) is 0 Å². The van der Waals surface area contributed by atoms with Gasteiger partial charge in [0.15, 0.2) is 6.61 Å². The number of hydrogen-bond acceptors (Lipinski definition) is 5. The Morgan fingerprint density at radius 3 is 2.58 bits per heavy atom. The lowest BCUT2D eigenvalue weighted by Gasteiger charge is -2.07. The van der Waals surface area contributed by atoms with Crippen molar-refractivity contribution >= 4 is 18.0 Å². The number of esters is 1. The van der Waals surface area contributed by atoms with Crippen molar-refractivity contribution in [2.24, 2.45) is 5.73 Å². The molecule has 0 spiro atoms. The highest BCUT2D eigenvalue weighted by atomic mass is 16.5. The maximum absolute atomic E-state index is 11.3. The third kappa shape index (κ3) is 4.71. The predicted molar refractivity (Wildman–Crippen MR) is 68.7 cm³/mol. The molecule has 0 aliphatic rings. The van der Waals surface area contributed by atoms with Gasteiger partial charge in [0.05, 0.1) is 14.2 Å². The molecule has 6 heteroatoms. The Labute approximate surface area is 110 Å². The lowest BCUT2D eigenvalue weighted by atomic mass is 10.1. The van der Waals surface area contributed by atoms with E-state index in [1.54, 1.807) is 18.2 Å². The summed E-state index contributed by atoms with van der Waals surface area (Å²) in [6, 6.07) is 5.16. The number of hydrogen-bond donors (Lipinski definition) is 1. The predicted octanol–water partition coefficient (Wildman–Crippen LogP) is 0.745. The van der Waals surface area contributed by atoms with Crippen LogP contribution in [-0.4, -0.2) is 32.7 Å². The summed E-state index contributed by atoms with van der Waals surface area (Å²) < 4.78 is 14.8. The molecule has 6 nitrogen and oxygen atoms in total. The highest BCUT2D eigenvalue weighted by Gasteiger charge is 2.04. The molecule has 102 valence electrons. The number of amides is 1. The van der Waals surface area contributed by atoms with Gasteiger partial charge in [-0.3, -0.25) is 4.79 Å². The zero-order valence-electron chi connectivity index (χ0n) is 10.7. The molecule has 2 N–H and O–H groups in total. The first kappa shape index (κ1) is 14.6. The van der Waals surface area contributed by atoms with Gasteiger partial charge in [0.2, 0.25) is 0 Å². The van der Waals surface area contributed by atoms with Crippen molar-refractivity contribution in [3.05, 3.63) is 29.8 Å². The van der Waals surface area contributed by atoms with E-state index in [9.17, 15) is 9.59 Å². The minimum absolute atomic E-state index is 0.446. The third-order valence-corrected chi connectivity index (χ3v) is 2.19. The van der Waals surface area contributed by atoms with Crippen molar-refractivity contribution in [2.75, 3.05) is 20.8 Å². The normalized spacial score (nSPS) is 10.2. The summed E-state index contributed by atoms with van der Waals surface area (Å²) in [6.45, 7) is -0.446. The lowest BCUT2D eigenvalue weighted by molar-refractivity contribution is -0.142. The molecular formula is C13H15NO5. The molecule has 0 aliphatic heterocycles. The lowest BCUT2D eigenvalue weighted by Crippen LogP contribution is -2.19. The van der Waals surface area contributed by atoms with Crippen LogP contribution in [0.2, 0.25) is 0 Å². The molecule has 0 aliphatic carbocycles. The Bertz CT molecular complexity index is 496. The van der Waals surface area contributed by atoms with Crippen molar-refractivity contribution in [1.82, 2.24) is 0 Å². The van der Waals surface area contributed by atoms with E-state index < -0.39 is 18.5 Å². The molecule has 0 saturated carbocycles. The van der Waals surface area contributed by atoms with Crippen LogP contribution in [0.3, 0.4) is 0 Å². The van der Waals surface area contributed by atoms with Gasteiger partial charge in [0.25, 0.3) is 5.91 Å². The van der Waals surface area contributed by atoms with Crippen molar-refractivity contribution < 1.29 is 23.8 Å². The Balaban J connectivity index is 2.79. The summed E-state index contributed by atoms with van der Waals surface area (Å²) in [7, 11) is 3.06. The van der Waals surface area contributed by atoms with Crippen LogP contribution >= 0.6 is 0 Å². The van der Waals surface area contributed by atoms with Gasteiger partial charge in [-0.2, -0.15) is 0 Å². The molecule has 1 aromatic rings. The summed E-state index contributed by atoms with van der Waals surface area (Å²) in [4.78, 5) is 21.7. The van der Waals surface area contributed by atoms with Crippen molar-refractivity contribution in [3.8, 4) is 11.5 Å². The Kier molecular flexibility index (Phi) is 5.40. The van der Waals surface area contributed by atoms with E-state index in [4.69, 9.17) is 15.2 Å². The molecule has 0 aromatic heterocycles. The summed E-state index contributed by atoms with van der Waals surface area (Å²) in [5, 5.41) is 0. The van der Waals surface area contributed by atoms with Gasteiger partial charge in [0.1, 0.15) is 11.5 Å². The molecule has 0 saturated heterocycles. The fraction of sp³-hybridized carbons (Fsp3) is 0.231. The van der Waals surface area contributed by atoms with Crippen LogP contribution in [-0.2, 0) is 14.3 Å². The molecule has 0 unspecified atom stereocenters. The van der Waals surface area contributed by atoms with Gasteiger partial charge in [-0.1, -0.05) is 0 Å². The molecule has 0 bridgehead atoms. The summed E-state index contributed by atoms with van der Waals surface area (Å²) in [5.41, 5.74) is 5.51. The minimum Gasteiger partial charge on any atom is -0.497 e. The molecule has 1 amide bonds. The number of carbonyl (C=O) groups is 2. The summed E-state index contributed by atoms with van der Waals surface area (Å²) in [6.07, 6.45) is 2.69. The number of methoxy groups -OCH3 is 2. The molecule has 0 heterocycles. The fourth-order valence-electron chi connectivity index (χ4n) is 1.32. The Morgan fingerprint density at radius 1 is 1.26 bits per heavy atom. The van der Waals surface area contributed by atoms with Gasteiger partial charge in [-0.25, -0.2) is 4.79 Å². The van der Waals surface area contributed by atoms with Crippen LogP contribution in [0.4, 0.5) is 0 Å². The number of nitrogens with two attached hydrogens (primary N) is 1. The van der Waals surface area contributed by atoms with Gasteiger partial charge in [0, 0.05) is 11.6 Å². The van der Waals surface area contributed by atoms with Crippen molar-refractivity contribution in [1.29, 1.82) is 0 Å². The van der Waals surface area contributed by atoms with E-state index in [2.05, 4.69) is 4.74 Å². The monoisotopic (exact) mass is 265 g/mol. The standard InChI is InChI=1S/C13H15NO5/c1-17-10-4-5-11(18-2)9(7-10)3-6-13(16)19-8-12(14)15/h3-7H,8H2,1-2H3,(H2,14,15)/b6-3+. The molecule has 0 radical (unpaired) electrons. The van der Waals surface area contributed by atoms with E-state index >= 15 is 0 Å². The average Bonchev–Trinajstić information content (AvgIpc) is 2.42. The second-order valence-corrected chi connectivity index (χ2v) is 3.52. The van der Waals surface area contributed by atoms with Crippen LogP contribution in [0.15, 0.2) is 24.3 Å². The zero-order chi connectivity index (χ0) is 14.3. The van der Waals surface area contributed by atoms with Gasteiger partial charge in [-0.15, -0.1) is 0 Å². The van der Waals surface area contributed by atoms with Gasteiger partial charge >= 0.3 is 5.97 Å². The van der Waals surface area contributed by atoms with Crippen molar-refractivity contribution in [2.45, 2.75) is 0 Å². The minimum atomic E-state index is -0.708. The van der Waals surface area contributed by atoms with E-state index in [0.717, 1.165) is 0 Å². The number of carbonyl (C=O) groups excluding carboxylic acids is 2. The fourth-order valence-corrected chi connectivity index (χ4v) is 1.32. The number of benzene rings is 1. The first-order valence-electron chi connectivity index (χ1n) is 5.42. The van der Waals surface area contributed by atoms with E-state index in [0.29, 0.717) is 17.1 Å². The molecule has 1 rings (SSSR count). The second-order valence-electron chi connectivity index (χ2n) is 3.52. The second kappa shape index (κ2) is 7.05. The van der Waals surface area contributed by atoms with Gasteiger partial charge < -0.3 is 19.9 Å². The van der Waals surface area contributed by atoms with E-state index in [1.165, 1.54) is 26.4 Å². The number of rotatable bonds is 6. The Hall–Kier alpha value is -2.50. The third-order valence-electron chi connectivity index (χ3n) is 2.19. The molecule has 1 aromatic carbocycles. The zero-order valence-corrected chi connectivity index (χ0v) is 10.7. The topological polar surface area (TPSA) is 87.8 Å². The first-order chi connectivity index (χ1) is 9.06. The van der Waals surface area contributed by atoms with Crippen LogP contribution in [0.25, 0.3) is 6.08 Å². The molecule has 0 fully saturated rings. The maximum atomic E-state index is 11.3. The SMILES string of the molecule is COc1ccc(OC)c(/C=C/C(=O)OCC(N)=O)c1. The highest BCUT2D eigenvalue weighted by molar-refractivity contribution is 5.89. The molecular weight excluding hydrogens is 250 g/mol.